The first-order chi connectivity index (χ1) is 14.1. The first-order valence-corrected chi connectivity index (χ1v) is 11.4. The number of amides is 1. The number of aromatic nitrogens is 3. The molecule has 0 aromatic carbocycles. The Kier molecular flexibility index (Phi) is 6.01. The Hall–Kier alpha value is -2.58. The summed E-state index contributed by atoms with van der Waals surface area (Å²) in [5, 5.41) is 9.15. The van der Waals surface area contributed by atoms with Gasteiger partial charge in [-0.2, -0.15) is 0 Å². The monoisotopic (exact) mass is 425 g/mol. The maximum absolute atomic E-state index is 12.6. The van der Waals surface area contributed by atoms with Crippen molar-refractivity contribution in [2.75, 3.05) is 18.4 Å². The zero-order valence-electron chi connectivity index (χ0n) is 16.5. The first-order valence-electron chi connectivity index (χ1n) is 9.61. The van der Waals surface area contributed by atoms with Gasteiger partial charge < -0.3 is 10.2 Å². The van der Waals surface area contributed by atoms with Crippen LogP contribution in [0.25, 0.3) is 6.08 Å². The summed E-state index contributed by atoms with van der Waals surface area (Å²) in [5.74, 6) is 1.09. The van der Waals surface area contributed by atoms with Crippen LogP contribution in [0.5, 0.6) is 0 Å². The molecule has 4 heterocycles. The van der Waals surface area contributed by atoms with Crippen molar-refractivity contribution >= 4 is 45.6 Å². The highest BCUT2D eigenvalue weighted by Crippen LogP contribution is 2.30. The molecule has 1 atom stereocenters. The van der Waals surface area contributed by atoms with Crippen molar-refractivity contribution in [2.45, 2.75) is 32.6 Å². The van der Waals surface area contributed by atoms with Gasteiger partial charge in [0.25, 0.3) is 0 Å². The smallest absolute Gasteiger partial charge is 0.246 e. The fourth-order valence-corrected chi connectivity index (χ4v) is 4.70. The Balaban J connectivity index is 1.38. The molecule has 4 rings (SSSR count). The average molecular weight is 426 g/mol. The number of pyridine rings is 1. The number of piperidine rings is 1. The van der Waals surface area contributed by atoms with E-state index in [-0.39, 0.29) is 11.8 Å². The van der Waals surface area contributed by atoms with Crippen LogP contribution in [0.15, 0.2) is 35.2 Å². The molecule has 3 aromatic heterocycles. The lowest BCUT2D eigenvalue weighted by Crippen LogP contribution is -2.38. The first kappa shape index (κ1) is 19.7. The highest BCUT2D eigenvalue weighted by molar-refractivity contribution is 7.13. The van der Waals surface area contributed by atoms with E-state index >= 15 is 0 Å². The van der Waals surface area contributed by atoms with Gasteiger partial charge >= 0.3 is 0 Å². The van der Waals surface area contributed by atoms with Gasteiger partial charge in [0.05, 0.1) is 16.4 Å². The van der Waals surface area contributed by atoms with Crippen molar-refractivity contribution in [1.82, 2.24) is 19.9 Å². The highest BCUT2D eigenvalue weighted by Gasteiger charge is 2.25. The summed E-state index contributed by atoms with van der Waals surface area (Å²) in [6, 6.07) is 3.97. The van der Waals surface area contributed by atoms with Gasteiger partial charge in [-0.15, -0.1) is 22.7 Å². The lowest BCUT2D eigenvalue weighted by molar-refractivity contribution is -0.127. The van der Waals surface area contributed by atoms with Crippen molar-refractivity contribution in [1.29, 1.82) is 0 Å². The third-order valence-electron chi connectivity index (χ3n) is 4.85. The number of carbonyl (C=O) groups is 1. The summed E-state index contributed by atoms with van der Waals surface area (Å²) in [7, 11) is 0. The number of hydrogen-bond acceptors (Lipinski definition) is 7. The second-order valence-electron chi connectivity index (χ2n) is 7.17. The maximum atomic E-state index is 12.6. The lowest BCUT2D eigenvalue weighted by Gasteiger charge is -2.31. The zero-order chi connectivity index (χ0) is 20.2. The number of nitrogens with zero attached hydrogens (tertiary/aromatic N) is 4. The maximum Gasteiger partial charge on any atom is 0.246 e. The molecule has 1 amide bonds. The van der Waals surface area contributed by atoms with Crippen LogP contribution in [0.3, 0.4) is 0 Å². The van der Waals surface area contributed by atoms with Crippen LogP contribution in [0.4, 0.5) is 10.9 Å². The van der Waals surface area contributed by atoms with Crippen LogP contribution >= 0.6 is 22.7 Å². The Labute approximate surface area is 178 Å². The van der Waals surface area contributed by atoms with Crippen LogP contribution in [0.2, 0.25) is 0 Å². The standard InChI is InChI=1S/C21H23N5OS2/c1-14-5-7-19(22-10-14)25-21-24-18(13-29-21)16-4-3-9-26(11-16)20(27)8-6-17-12-28-15(2)23-17/h5-8,10,12-13,16H,3-4,9,11H2,1-2H3,(H,22,24,25)/b8-6+/t16-/m1/s1. The Morgan fingerprint density at radius 2 is 2.14 bits per heavy atom. The van der Waals surface area contributed by atoms with Crippen molar-refractivity contribution < 1.29 is 4.79 Å². The predicted octanol–water partition coefficient (Wildman–Crippen LogP) is 4.77. The van der Waals surface area contributed by atoms with Crippen LogP contribution in [-0.2, 0) is 4.79 Å². The minimum atomic E-state index is 0.0396. The van der Waals surface area contributed by atoms with Crippen LogP contribution in [-0.4, -0.2) is 38.8 Å². The topological polar surface area (TPSA) is 71.0 Å². The summed E-state index contributed by atoms with van der Waals surface area (Å²) < 4.78 is 0. The normalized spacial score (nSPS) is 17.0. The molecule has 0 unspecified atom stereocenters. The van der Waals surface area contributed by atoms with Crippen molar-refractivity contribution in [3.8, 4) is 0 Å². The summed E-state index contributed by atoms with van der Waals surface area (Å²) in [6.45, 7) is 5.47. The Morgan fingerprint density at radius 1 is 1.24 bits per heavy atom. The van der Waals surface area contributed by atoms with Crippen LogP contribution in [0.1, 0.15) is 40.7 Å². The molecule has 0 radical (unpaired) electrons. The third kappa shape index (κ3) is 5.07. The predicted molar refractivity (Wildman–Crippen MR) is 119 cm³/mol. The summed E-state index contributed by atoms with van der Waals surface area (Å²) in [5.41, 5.74) is 3.01. The zero-order valence-corrected chi connectivity index (χ0v) is 18.1. The van der Waals surface area contributed by atoms with E-state index in [0.717, 1.165) is 52.3 Å². The minimum absolute atomic E-state index is 0.0396. The third-order valence-corrected chi connectivity index (χ3v) is 6.42. The number of aryl methyl sites for hydroxylation is 2. The second kappa shape index (κ2) is 8.84. The van der Waals surface area contributed by atoms with Gasteiger partial charge in [-0.1, -0.05) is 6.07 Å². The number of likely N-dealkylation sites (tertiary alicyclic amines) is 1. The molecule has 0 spiro atoms. The molecule has 1 aliphatic heterocycles. The van der Waals surface area contributed by atoms with Gasteiger partial charge in [0.1, 0.15) is 5.82 Å². The number of thiazole rings is 2. The minimum Gasteiger partial charge on any atom is -0.338 e. The van der Waals surface area contributed by atoms with Crippen molar-refractivity contribution in [3.63, 3.8) is 0 Å². The van der Waals surface area contributed by atoms with Gasteiger partial charge in [0.15, 0.2) is 5.13 Å². The van der Waals surface area contributed by atoms with E-state index in [4.69, 9.17) is 4.98 Å². The molecule has 1 saturated heterocycles. The van der Waals surface area contributed by atoms with Crippen LogP contribution in [0, 0.1) is 13.8 Å². The Bertz CT molecular complexity index is 1010. The van der Waals surface area contributed by atoms with Gasteiger partial charge in [-0.25, -0.2) is 15.0 Å². The largest absolute Gasteiger partial charge is 0.338 e. The summed E-state index contributed by atoms with van der Waals surface area (Å²) >= 11 is 3.16. The fourth-order valence-electron chi connectivity index (χ4n) is 3.32. The molecule has 0 aliphatic carbocycles. The van der Waals surface area contributed by atoms with E-state index in [1.807, 2.05) is 42.5 Å². The van der Waals surface area contributed by atoms with Crippen molar-refractivity contribution in [3.05, 3.63) is 57.1 Å². The SMILES string of the molecule is Cc1ccc(Nc2nc([C@@H]3CCCN(C(=O)/C=C/c4csc(C)n4)C3)cs2)nc1. The van der Waals surface area contributed by atoms with E-state index in [0.29, 0.717) is 6.54 Å². The number of carbonyl (C=O) groups excluding carboxylic acids is 1. The Morgan fingerprint density at radius 3 is 2.90 bits per heavy atom. The number of anilines is 2. The molecule has 150 valence electrons. The summed E-state index contributed by atoms with van der Waals surface area (Å²) in [4.78, 5) is 28.0. The number of nitrogens with one attached hydrogen (secondary N) is 1. The van der Waals surface area contributed by atoms with Crippen LogP contribution < -0.4 is 5.32 Å². The average Bonchev–Trinajstić information content (AvgIpc) is 3.37. The van der Waals surface area contributed by atoms with Gasteiger partial charge in [0, 0.05) is 42.0 Å². The quantitative estimate of drug-likeness (QED) is 0.596. The second-order valence-corrected chi connectivity index (χ2v) is 9.09. The molecule has 1 fully saturated rings. The van der Waals surface area contributed by atoms with E-state index in [1.165, 1.54) is 0 Å². The highest BCUT2D eigenvalue weighted by atomic mass is 32.1. The van der Waals surface area contributed by atoms with Gasteiger partial charge in [-0.3, -0.25) is 4.79 Å². The van der Waals surface area contributed by atoms with E-state index in [1.54, 1.807) is 34.8 Å². The van der Waals surface area contributed by atoms with Crippen molar-refractivity contribution in [2.24, 2.45) is 0 Å². The summed E-state index contributed by atoms with van der Waals surface area (Å²) in [6.07, 6.45) is 7.30. The number of hydrogen-bond donors (Lipinski definition) is 1. The molecule has 8 heteroatoms. The molecule has 0 bridgehead atoms. The van der Waals surface area contributed by atoms with E-state index in [9.17, 15) is 4.79 Å². The molecule has 29 heavy (non-hydrogen) atoms. The molecule has 3 aromatic rings. The van der Waals surface area contributed by atoms with Gasteiger partial charge in [-0.05, 0) is 44.4 Å². The fraction of sp³-hybridized carbons (Fsp3) is 0.333. The van der Waals surface area contributed by atoms with Gasteiger partial charge in [0.2, 0.25) is 5.91 Å². The molecule has 0 saturated carbocycles. The van der Waals surface area contributed by atoms with E-state index < -0.39 is 0 Å². The van der Waals surface area contributed by atoms with E-state index in [2.05, 4.69) is 20.7 Å². The molecule has 6 nitrogen and oxygen atoms in total. The molecule has 1 aliphatic rings. The molecular formula is C21H23N5OS2. The molecular weight excluding hydrogens is 402 g/mol. The molecule has 1 N–H and O–H groups in total. The lowest BCUT2D eigenvalue weighted by atomic mass is 9.95. The number of rotatable bonds is 5.